The van der Waals surface area contributed by atoms with Crippen molar-refractivity contribution in [2.24, 2.45) is 11.7 Å². The maximum Gasteiger partial charge on any atom is 0.00387 e. The van der Waals surface area contributed by atoms with Crippen molar-refractivity contribution in [3.63, 3.8) is 0 Å². The second-order valence-electron chi connectivity index (χ2n) is 4.37. The summed E-state index contributed by atoms with van der Waals surface area (Å²) in [6.07, 6.45) is 7.08. The van der Waals surface area contributed by atoms with Gasteiger partial charge in [-0.05, 0) is 45.4 Å². The molecule has 0 rings (SSSR count). The van der Waals surface area contributed by atoms with Gasteiger partial charge in [-0.25, -0.2) is 0 Å². The Morgan fingerprint density at radius 1 is 1.36 bits per heavy atom. The fourth-order valence-corrected chi connectivity index (χ4v) is 1.46. The fourth-order valence-electron chi connectivity index (χ4n) is 1.46. The molecule has 0 saturated carbocycles. The topological polar surface area (TPSA) is 26.0 Å². The van der Waals surface area contributed by atoms with Gasteiger partial charge in [0.25, 0.3) is 0 Å². The third-order valence-corrected chi connectivity index (χ3v) is 2.44. The van der Waals surface area contributed by atoms with E-state index in [0.717, 1.165) is 12.3 Å². The molecule has 0 aliphatic carbocycles. The summed E-state index contributed by atoms with van der Waals surface area (Å²) in [4.78, 5) is 0. The van der Waals surface area contributed by atoms with Gasteiger partial charge in [0, 0.05) is 6.04 Å². The van der Waals surface area contributed by atoms with Crippen LogP contribution < -0.4 is 5.73 Å². The maximum atomic E-state index is 5.89. The summed E-state index contributed by atoms with van der Waals surface area (Å²) >= 11 is 0. The zero-order valence-corrected chi connectivity index (χ0v) is 10.9. The first-order chi connectivity index (χ1) is 6.06. The highest BCUT2D eigenvalue weighted by Gasteiger charge is 2.06. The Labute approximate surface area is 95.6 Å². The van der Waals surface area contributed by atoms with Crippen LogP contribution in [0.3, 0.4) is 0 Å². The maximum absolute atomic E-state index is 5.89. The quantitative estimate of drug-likeness (QED) is 0.674. The van der Waals surface area contributed by atoms with E-state index < -0.39 is 0 Å². The third kappa shape index (κ3) is 10.1. The lowest BCUT2D eigenvalue weighted by molar-refractivity contribution is 0.433. The van der Waals surface area contributed by atoms with Crippen molar-refractivity contribution in [2.75, 3.05) is 0 Å². The summed E-state index contributed by atoms with van der Waals surface area (Å²) in [5.74, 6) is 0.769. The van der Waals surface area contributed by atoms with Gasteiger partial charge in [-0.3, -0.25) is 0 Å². The molecule has 0 saturated heterocycles. The van der Waals surface area contributed by atoms with Gasteiger partial charge in [0.1, 0.15) is 0 Å². The molecule has 2 heteroatoms. The van der Waals surface area contributed by atoms with Crippen molar-refractivity contribution >= 4 is 12.4 Å². The first kappa shape index (κ1) is 16.4. The highest BCUT2D eigenvalue weighted by Crippen LogP contribution is 2.14. The second-order valence-corrected chi connectivity index (χ2v) is 4.37. The normalized spacial score (nSPS) is 14.1. The highest BCUT2D eigenvalue weighted by atomic mass is 35.5. The van der Waals surface area contributed by atoms with E-state index in [4.69, 9.17) is 5.73 Å². The average molecular weight is 220 g/mol. The van der Waals surface area contributed by atoms with Crippen molar-refractivity contribution in [2.45, 2.75) is 59.4 Å². The largest absolute Gasteiger partial charge is 0.328 e. The second kappa shape index (κ2) is 9.54. The molecule has 1 nitrogen and oxygen atoms in total. The van der Waals surface area contributed by atoms with Gasteiger partial charge in [-0.15, -0.1) is 12.4 Å². The number of hydrogen-bond acceptors (Lipinski definition) is 1. The molecule has 2 N–H and O–H groups in total. The molecule has 0 amide bonds. The molecule has 0 aliphatic rings. The van der Waals surface area contributed by atoms with Crippen molar-refractivity contribution in [1.82, 2.24) is 0 Å². The lowest BCUT2D eigenvalue weighted by atomic mass is 9.96. The molecule has 0 aromatic carbocycles. The van der Waals surface area contributed by atoms with Crippen LogP contribution in [0.5, 0.6) is 0 Å². The molecule has 0 aromatic heterocycles. The molecule has 0 heterocycles. The lowest BCUT2D eigenvalue weighted by Crippen LogP contribution is -2.21. The first-order valence-electron chi connectivity index (χ1n) is 5.45. The van der Waals surface area contributed by atoms with Gasteiger partial charge in [-0.1, -0.05) is 25.5 Å². The Kier molecular flexibility index (Phi) is 11.2. The Bertz CT molecular complexity index is 150. The van der Waals surface area contributed by atoms with E-state index in [1.165, 1.54) is 24.8 Å². The standard InChI is InChI=1S/C12H25N.ClH/c1-5-12(13)9-11(4)8-6-7-10(2)3;/h7,11-12H,5-6,8-9,13H2,1-4H3;1H. The van der Waals surface area contributed by atoms with Crippen LogP contribution in [0, 0.1) is 5.92 Å². The molecule has 0 fully saturated rings. The summed E-state index contributed by atoms with van der Waals surface area (Å²) in [7, 11) is 0. The number of hydrogen-bond donors (Lipinski definition) is 1. The predicted molar refractivity (Wildman–Crippen MR) is 68.0 cm³/mol. The van der Waals surface area contributed by atoms with Gasteiger partial charge < -0.3 is 5.73 Å². The van der Waals surface area contributed by atoms with Crippen molar-refractivity contribution in [3.8, 4) is 0 Å². The number of rotatable bonds is 6. The SMILES string of the molecule is CCC(N)CC(C)CCC=C(C)C.Cl. The Balaban J connectivity index is 0. The van der Waals surface area contributed by atoms with Crippen LogP contribution in [0.1, 0.15) is 53.4 Å². The van der Waals surface area contributed by atoms with E-state index in [2.05, 4.69) is 33.8 Å². The number of nitrogens with two attached hydrogens (primary N) is 1. The first-order valence-corrected chi connectivity index (χ1v) is 5.45. The molecular weight excluding hydrogens is 194 g/mol. The molecule has 2 unspecified atom stereocenters. The highest BCUT2D eigenvalue weighted by molar-refractivity contribution is 5.85. The summed E-state index contributed by atoms with van der Waals surface area (Å²) in [6.45, 7) is 8.77. The van der Waals surface area contributed by atoms with Gasteiger partial charge in [-0.2, -0.15) is 0 Å². The van der Waals surface area contributed by atoms with Crippen LogP contribution in [0.2, 0.25) is 0 Å². The van der Waals surface area contributed by atoms with E-state index in [9.17, 15) is 0 Å². The van der Waals surface area contributed by atoms with Gasteiger partial charge in [0.15, 0.2) is 0 Å². The molecule has 0 spiro atoms. The van der Waals surface area contributed by atoms with E-state index in [1.54, 1.807) is 0 Å². The Morgan fingerprint density at radius 2 is 1.93 bits per heavy atom. The summed E-state index contributed by atoms with van der Waals surface area (Å²) in [5.41, 5.74) is 7.31. The molecule has 0 aromatic rings. The Hall–Kier alpha value is -0.0100. The zero-order chi connectivity index (χ0) is 10.3. The van der Waals surface area contributed by atoms with Crippen LogP contribution in [-0.4, -0.2) is 6.04 Å². The minimum atomic E-state index is 0. The van der Waals surface area contributed by atoms with E-state index in [1.807, 2.05) is 0 Å². The molecule has 0 bridgehead atoms. The van der Waals surface area contributed by atoms with Crippen LogP contribution >= 0.6 is 12.4 Å². The minimum Gasteiger partial charge on any atom is -0.328 e. The molecule has 86 valence electrons. The van der Waals surface area contributed by atoms with Crippen LogP contribution in [-0.2, 0) is 0 Å². The summed E-state index contributed by atoms with van der Waals surface area (Å²) in [5, 5.41) is 0. The Morgan fingerprint density at radius 3 is 2.36 bits per heavy atom. The molecule has 0 aliphatic heterocycles. The van der Waals surface area contributed by atoms with Crippen molar-refractivity contribution < 1.29 is 0 Å². The fraction of sp³-hybridized carbons (Fsp3) is 0.833. The monoisotopic (exact) mass is 219 g/mol. The summed E-state index contributed by atoms with van der Waals surface area (Å²) in [6, 6.07) is 0.404. The van der Waals surface area contributed by atoms with Crippen LogP contribution in [0.25, 0.3) is 0 Å². The number of allylic oxidation sites excluding steroid dienone is 2. The van der Waals surface area contributed by atoms with Crippen LogP contribution in [0.15, 0.2) is 11.6 Å². The van der Waals surface area contributed by atoms with Gasteiger partial charge in [0.2, 0.25) is 0 Å². The van der Waals surface area contributed by atoms with Crippen molar-refractivity contribution in [3.05, 3.63) is 11.6 Å². The van der Waals surface area contributed by atoms with Crippen LogP contribution in [0.4, 0.5) is 0 Å². The lowest BCUT2D eigenvalue weighted by Gasteiger charge is -2.14. The molecule has 14 heavy (non-hydrogen) atoms. The van der Waals surface area contributed by atoms with Gasteiger partial charge in [0.05, 0.1) is 0 Å². The minimum absolute atomic E-state index is 0. The molecule has 2 atom stereocenters. The number of halogens is 1. The zero-order valence-electron chi connectivity index (χ0n) is 10.0. The van der Waals surface area contributed by atoms with E-state index in [-0.39, 0.29) is 12.4 Å². The predicted octanol–water partition coefficient (Wildman–Crippen LogP) is 3.92. The molecular formula is C12H26ClN. The summed E-state index contributed by atoms with van der Waals surface area (Å²) < 4.78 is 0. The molecule has 0 radical (unpaired) electrons. The van der Waals surface area contributed by atoms with E-state index >= 15 is 0 Å². The average Bonchev–Trinajstić information content (AvgIpc) is 2.03. The van der Waals surface area contributed by atoms with Gasteiger partial charge >= 0.3 is 0 Å². The van der Waals surface area contributed by atoms with E-state index in [0.29, 0.717) is 6.04 Å². The smallest absolute Gasteiger partial charge is 0.00387 e. The van der Waals surface area contributed by atoms with Crippen molar-refractivity contribution in [1.29, 1.82) is 0 Å². The third-order valence-electron chi connectivity index (χ3n) is 2.44.